The Kier molecular flexibility index (Phi) is 11.1. The van der Waals surface area contributed by atoms with Crippen LogP contribution in [0.15, 0.2) is 42.5 Å². The van der Waals surface area contributed by atoms with Gasteiger partial charge in [0.25, 0.3) is 5.91 Å². The second kappa shape index (κ2) is 13.0. The van der Waals surface area contributed by atoms with Gasteiger partial charge in [0.1, 0.15) is 5.75 Å². The molecule has 0 saturated carbocycles. The first-order chi connectivity index (χ1) is 15.4. The third-order valence-electron chi connectivity index (χ3n) is 7.34. The number of hydrogen-bond acceptors (Lipinski definition) is 2. The standard InChI is InChI=1S/C21H33N2O2.C7H8.Y/c1-5-23(12-8-6-7-9-13-23)19-10-11-22(21(19)24)20-16(2)14-18(25-4)15-17(20)3;1-7-5-3-2-4-6-7;/h14-15,19H,5-13H2,1-4H3;2-6H,1H3;/q+1;;. The van der Waals surface area contributed by atoms with E-state index in [1.54, 1.807) is 7.11 Å². The Morgan fingerprint density at radius 3 is 2.00 bits per heavy atom. The van der Waals surface area contributed by atoms with Crippen LogP contribution in [0, 0.1) is 20.8 Å². The van der Waals surface area contributed by atoms with Crippen LogP contribution in [0.1, 0.15) is 55.7 Å². The van der Waals surface area contributed by atoms with Crippen molar-refractivity contribution in [2.45, 2.75) is 65.8 Å². The van der Waals surface area contributed by atoms with Crippen molar-refractivity contribution < 1.29 is 46.7 Å². The number of carbonyl (C=O) groups excluding carboxylic acids is 1. The average molecular weight is 527 g/mol. The molecule has 177 valence electrons. The summed E-state index contributed by atoms with van der Waals surface area (Å²) in [5.74, 6) is 1.20. The number of amides is 1. The Labute approximate surface area is 226 Å². The van der Waals surface area contributed by atoms with E-state index in [-0.39, 0.29) is 38.8 Å². The fraction of sp³-hybridized carbons (Fsp3) is 0.536. The van der Waals surface area contributed by atoms with Crippen LogP contribution in [-0.4, -0.2) is 49.7 Å². The second-order valence-electron chi connectivity index (χ2n) is 9.46. The summed E-state index contributed by atoms with van der Waals surface area (Å²) >= 11 is 0. The molecule has 33 heavy (non-hydrogen) atoms. The molecule has 2 fully saturated rings. The first-order valence-corrected chi connectivity index (χ1v) is 12.3. The quantitative estimate of drug-likeness (QED) is 0.470. The summed E-state index contributed by atoms with van der Waals surface area (Å²) in [4.78, 5) is 15.5. The van der Waals surface area contributed by atoms with E-state index < -0.39 is 0 Å². The van der Waals surface area contributed by atoms with Gasteiger partial charge in [-0.3, -0.25) is 4.79 Å². The SMILES string of the molecule is CC[N+]1(C2CCN(c3c(C)cc(OC)cc3C)C2=O)CCCCCC1.Cc1ccccc1.[Y]. The normalized spacial score (nSPS) is 19.7. The summed E-state index contributed by atoms with van der Waals surface area (Å²) in [6.45, 7) is 12.8. The summed E-state index contributed by atoms with van der Waals surface area (Å²) in [7, 11) is 1.69. The van der Waals surface area contributed by atoms with E-state index in [1.807, 2.05) is 30.3 Å². The van der Waals surface area contributed by atoms with E-state index in [4.69, 9.17) is 4.74 Å². The molecule has 2 aliphatic heterocycles. The summed E-state index contributed by atoms with van der Waals surface area (Å²) in [6, 6.07) is 14.5. The molecular weight excluding hydrogens is 485 g/mol. The number of carbonyl (C=O) groups is 1. The molecule has 4 nitrogen and oxygen atoms in total. The molecular formula is C28H41N2O2Y+. The van der Waals surface area contributed by atoms with Gasteiger partial charge >= 0.3 is 0 Å². The molecule has 1 radical (unpaired) electrons. The van der Waals surface area contributed by atoms with E-state index in [9.17, 15) is 4.79 Å². The predicted molar refractivity (Wildman–Crippen MR) is 133 cm³/mol. The molecule has 1 amide bonds. The van der Waals surface area contributed by atoms with Crippen molar-refractivity contribution in [3.63, 3.8) is 0 Å². The zero-order valence-electron chi connectivity index (χ0n) is 21.3. The molecule has 0 aromatic heterocycles. The van der Waals surface area contributed by atoms with Crippen LogP contribution in [-0.2, 0) is 37.5 Å². The van der Waals surface area contributed by atoms with Gasteiger partial charge in [-0.05, 0) is 76.6 Å². The van der Waals surface area contributed by atoms with Gasteiger partial charge in [0.05, 0.1) is 26.7 Å². The Morgan fingerprint density at radius 1 is 0.970 bits per heavy atom. The molecule has 1 unspecified atom stereocenters. The van der Waals surface area contributed by atoms with Crippen LogP contribution in [0.2, 0.25) is 0 Å². The summed E-state index contributed by atoms with van der Waals surface area (Å²) in [5.41, 5.74) is 4.68. The van der Waals surface area contributed by atoms with Crippen LogP contribution in [0.3, 0.4) is 0 Å². The topological polar surface area (TPSA) is 29.5 Å². The number of benzene rings is 2. The number of likely N-dealkylation sites (N-methyl/N-ethyl adjacent to an activating group) is 1. The van der Waals surface area contributed by atoms with Crippen molar-refractivity contribution in [1.29, 1.82) is 0 Å². The van der Waals surface area contributed by atoms with E-state index in [0.717, 1.165) is 46.6 Å². The summed E-state index contributed by atoms with van der Waals surface area (Å²) in [5, 5.41) is 0. The number of anilines is 1. The monoisotopic (exact) mass is 526 g/mol. The van der Waals surface area contributed by atoms with Crippen molar-refractivity contribution >= 4 is 11.6 Å². The zero-order valence-corrected chi connectivity index (χ0v) is 24.1. The van der Waals surface area contributed by atoms with Crippen LogP contribution < -0.4 is 9.64 Å². The number of rotatable bonds is 4. The molecule has 2 aliphatic rings. The molecule has 0 aliphatic carbocycles. The molecule has 0 spiro atoms. The van der Waals surface area contributed by atoms with Crippen molar-refractivity contribution in [3.05, 3.63) is 59.2 Å². The maximum Gasteiger partial charge on any atom is 0.285 e. The molecule has 2 heterocycles. The second-order valence-corrected chi connectivity index (χ2v) is 9.46. The van der Waals surface area contributed by atoms with Gasteiger partial charge in [0, 0.05) is 51.4 Å². The van der Waals surface area contributed by atoms with E-state index in [0.29, 0.717) is 5.91 Å². The van der Waals surface area contributed by atoms with Gasteiger partial charge in [-0.1, -0.05) is 35.9 Å². The predicted octanol–water partition coefficient (Wildman–Crippen LogP) is 5.82. The Balaban J connectivity index is 0.000000413. The first-order valence-electron chi connectivity index (χ1n) is 12.3. The van der Waals surface area contributed by atoms with Crippen LogP contribution in [0.4, 0.5) is 5.69 Å². The largest absolute Gasteiger partial charge is 0.497 e. The average Bonchev–Trinajstić information content (AvgIpc) is 3.01. The number of ether oxygens (including phenoxy) is 1. The zero-order chi connectivity index (χ0) is 23.1. The van der Waals surface area contributed by atoms with Crippen LogP contribution in [0.5, 0.6) is 5.75 Å². The number of methoxy groups -OCH3 is 1. The van der Waals surface area contributed by atoms with E-state index >= 15 is 0 Å². The molecule has 4 rings (SSSR count). The Morgan fingerprint density at radius 2 is 1.55 bits per heavy atom. The van der Waals surface area contributed by atoms with Gasteiger partial charge < -0.3 is 14.1 Å². The van der Waals surface area contributed by atoms with Crippen LogP contribution >= 0.6 is 0 Å². The maximum absolute atomic E-state index is 13.4. The Hall–Kier alpha value is -1.23. The van der Waals surface area contributed by atoms with Gasteiger partial charge in [-0.15, -0.1) is 0 Å². The third kappa shape index (κ3) is 6.68. The number of hydrogen-bond donors (Lipinski definition) is 0. The molecule has 0 bridgehead atoms. The number of quaternary nitrogens is 1. The summed E-state index contributed by atoms with van der Waals surface area (Å²) in [6.07, 6.45) is 6.15. The van der Waals surface area contributed by atoms with Gasteiger partial charge in [-0.25, -0.2) is 0 Å². The molecule has 5 heteroatoms. The summed E-state index contributed by atoms with van der Waals surface area (Å²) < 4.78 is 6.38. The molecule has 0 N–H and O–H groups in total. The number of aryl methyl sites for hydroxylation is 3. The molecule has 2 aromatic carbocycles. The third-order valence-corrected chi connectivity index (χ3v) is 7.34. The molecule has 2 saturated heterocycles. The van der Waals surface area contributed by atoms with Gasteiger partial charge in [0.2, 0.25) is 0 Å². The minimum atomic E-state index is 0. The number of nitrogens with zero attached hydrogens (tertiary/aromatic N) is 2. The van der Waals surface area contributed by atoms with Crippen molar-refractivity contribution in [2.24, 2.45) is 0 Å². The van der Waals surface area contributed by atoms with E-state index in [1.165, 1.54) is 44.3 Å². The van der Waals surface area contributed by atoms with Crippen molar-refractivity contribution in [2.75, 3.05) is 38.2 Å². The van der Waals surface area contributed by atoms with E-state index in [2.05, 4.69) is 44.7 Å². The minimum absolute atomic E-state index is 0. The van der Waals surface area contributed by atoms with Gasteiger partial charge in [0.15, 0.2) is 6.04 Å². The minimum Gasteiger partial charge on any atom is -0.497 e. The molecule has 1 atom stereocenters. The van der Waals surface area contributed by atoms with Crippen molar-refractivity contribution in [1.82, 2.24) is 0 Å². The molecule has 2 aromatic rings. The van der Waals surface area contributed by atoms with Crippen LogP contribution in [0.25, 0.3) is 0 Å². The number of likely N-dealkylation sites (tertiary alicyclic amines) is 1. The fourth-order valence-corrected chi connectivity index (χ4v) is 5.56. The maximum atomic E-state index is 13.4. The Bertz CT molecular complexity index is 869. The van der Waals surface area contributed by atoms with Crippen molar-refractivity contribution in [3.8, 4) is 5.75 Å². The smallest absolute Gasteiger partial charge is 0.285 e. The first kappa shape index (κ1) is 28.0. The van der Waals surface area contributed by atoms with Gasteiger partial charge in [-0.2, -0.15) is 0 Å². The fourth-order valence-electron chi connectivity index (χ4n) is 5.56.